The highest BCUT2D eigenvalue weighted by Gasteiger charge is 2.12. The zero-order valence-corrected chi connectivity index (χ0v) is 10.5. The average Bonchev–Trinajstić information content (AvgIpc) is 2.24. The Balaban J connectivity index is 2.55. The van der Waals surface area contributed by atoms with E-state index in [1.54, 1.807) is 19.9 Å². The predicted molar refractivity (Wildman–Crippen MR) is 69.5 cm³/mol. The Hall–Kier alpha value is -1.61. The summed E-state index contributed by atoms with van der Waals surface area (Å²) in [4.78, 5) is 11.5. The Bertz CT molecular complexity index is 416. The van der Waals surface area contributed by atoms with Gasteiger partial charge in [0.1, 0.15) is 0 Å². The van der Waals surface area contributed by atoms with Crippen LogP contribution in [0.3, 0.4) is 0 Å². The lowest BCUT2D eigenvalue weighted by Gasteiger charge is -2.16. The first kappa shape index (κ1) is 13.5. The van der Waals surface area contributed by atoms with Crippen molar-refractivity contribution in [2.45, 2.75) is 26.4 Å². The molecule has 0 fully saturated rings. The van der Waals surface area contributed by atoms with E-state index in [-0.39, 0.29) is 12.5 Å². The normalized spacial score (nSPS) is 11.8. The summed E-state index contributed by atoms with van der Waals surface area (Å²) in [6, 6.07) is 7.84. The third-order valence-electron chi connectivity index (χ3n) is 2.30. The van der Waals surface area contributed by atoms with Crippen LogP contribution in [0.4, 0.5) is 0 Å². The molecule has 0 heterocycles. The summed E-state index contributed by atoms with van der Waals surface area (Å²) in [5.74, 6) is -0.199. The Morgan fingerprint density at radius 2 is 2.06 bits per heavy atom. The standard InChI is InChI=1S/C14H19NO2/c1-11-6-4-5-7-12(11)8-9-13(16)15-10-14(2,3)17/h4-9,17H,10H2,1-3H3,(H,15,16). The van der Waals surface area contributed by atoms with Crippen molar-refractivity contribution in [2.24, 2.45) is 0 Å². The van der Waals surface area contributed by atoms with Crippen molar-refractivity contribution in [2.75, 3.05) is 6.54 Å². The molecule has 2 N–H and O–H groups in total. The van der Waals surface area contributed by atoms with Gasteiger partial charge in [-0.05, 0) is 38.0 Å². The maximum Gasteiger partial charge on any atom is 0.244 e. The van der Waals surface area contributed by atoms with Gasteiger partial charge >= 0.3 is 0 Å². The molecular weight excluding hydrogens is 214 g/mol. The lowest BCUT2D eigenvalue weighted by atomic mass is 10.1. The molecule has 17 heavy (non-hydrogen) atoms. The number of rotatable bonds is 4. The first-order valence-electron chi connectivity index (χ1n) is 5.62. The second kappa shape index (κ2) is 5.64. The summed E-state index contributed by atoms with van der Waals surface area (Å²) in [5.41, 5.74) is 1.26. The smallest absolute Gasteiger partial charge is 0.244 e. The number of hydrogen-bond donors (Lipinski definition) is 2. The van der Waals surface area contributed by atoms with Gasteiger partial charge in [-0.15, -0.1) is 0 Å². The van der Waals surface area contributed by atoms with E-state index < -0.39 is 5.60 Å². The second-order valence-electron chi connectivity index (χ2n) is 4.72. The van der Waals surface area contributed by atoms with Gasteiger partial charge in [-0.1, -0.05) is 24.3 Å². The van der Waals surface area contributed by atoms with E-state index in [0.29, 0.717) is 0 Å². The molecule has 0 radical (unpaired) electrons. The van der Waals surface area contributed by atoms with Gasteiger partial charge in [0, 0.05) is 12.6 Å². The lowest BCUT2D eigenvalue weighted by Crippen LogP contribution is -2.37. The SMILES string of the molecule is Cc1ccccc1C=CC(=O)NCC(C)(C)O. The highest BCUT2D eigenvalue weighted by Crippen LogP contribution is 2.08. The molecule has 3 nitrogen and oxygen atoms in total. The molecular formula is C14H19NO2. The molecule has 0 spiro atoms. The first-order valence-corrected chi connectivity index (χ1v) is 5.62. The quantitative estimate of drug-likeness (QED) is 0.780. The molecule has 1 aromatic carbocycles. The molecule has 0 aromatic heterocycles. The summed E-state index contributed by atoms with van der Waals surface area (Å²) in [6.07, 6.45) is 3.25. The van der Waals surface area contributed by atoms with Crippen LogP contribution < -0.4 is 5.32 Å². The van der Waals surface area contributed by atoms with Crippen molar-refractivity contribution in [3.63, 3.8) is 0 Å². The molecule has 92 valence electrons. The molecule has 0 bridgehead atoms. The van der Waals surface area contributed by atoms with Crippen molar-refractivity contribution in [3.05, 3.63) is 41.5 Å². The molecule has 0 unspecified atom stereocenters. The van der Waals surface area contributed by atoms with Crippen LogP contribution in [0.2, 0.25) is 0 Å². The van der Waals surface area contributed by atoms with Gasteiger partial charge < -0.3 is 10.4 Å². The maximum absolute atomic E-state index is 11.5. The summed E-state index contributed by atoms with van der Waals surface area (Å²) in [7, 11) is 0. The average molecular weight is 233 g/mol. The van der Waals surface area contributed by atoms with Gasteiger partial charge in [0.05, 0.1) is 5.60 Å². The number of carbonyl (C=O) groups excluding carboxylic acids is 1. The number of hydrogen-bond acceptors (Lipinski definition) is 2. The zero-order valence-electron chi connectivity index (χ0n) is 10.5. The molecule has 0 aliphatic carbocycles. The summed E-state index contributed by atoms with van der Waals surface area (Å²) in [6.45, 7) is 5.54. The number of nitrogens with one attached hydrogen (secondary N) is 1. The molecule has 0 saturated heterocycles. The molecule has 0 saturated carbocycles. The molecule has 3 heteroatoms. The Labute approximate surface area is 102 Å². The maximum atomic E-state index is 11.5. The van der Waals surface area contributed by atoms with E-state index in [0.717, 1.165) is 11.1 Å². The summed E-state index contributed by atoms with van der Waals surface area (Å²) in [5, 5.41) is 12.1. The molecule has 1 amide bonds. The number of aryl methyl sites for hydroxylation is 1. The van der Waals surface area contributed by atoms with Crippen molar-refractivity contribution in [1.82, 2.24) is 5.32 Å². The van der Waals surface area contributed by atoms with E-state index in [2.05, 4.69) is 5.32 Å². The largest absolute Gasteiger partial charge is 0.389 e. The van der Waals surface area contributed by atoms with E-state index in [1.165, 1.54) is 6.08 Å². The van der Waals surface area contributed by atoms with E-state index in [1.807, 2.05) is 31.2 Å². The topological polar surface area (TPSA) is 49.3 Å². The van der Waals surface area contributed by atoms with Crippen LogP contribution >= 0.6 is 0 Å². The lowest BCUT2D eigenvalue weighted by molar-refractivity contribution is -0.117. The fourth-order valence-electron chi connectivity index (χ4n) is 1.30. The number of aliphatic hydroxyl groups is 1. The third kappa shape index (κ3) is 5.31. The number of benzene rings is 1. The Morgan fingerprint density at radius 3 is 2.65 bits per heavy atom. The van der Waals surface area contributed by atoms with E-state index in [9.17, 15) is 9.90 Å². The van der Waals surface area contributed by atoms with E-state index in [4.69, 9.17) is 0 Å². The Kier molecular flexibility index (Phi) is 4.46. The second-order valence-corrected chi connectivity index (χ2v) is 4.72. The molecule has 1 aromatic rings. The number of carbonyl (C=O) groups is 1. The minimum Gasteiger partial charge on any atom is -0.389 e. The summed E-state index contributed by atoms with van der Waals surface area (Å²) < 4.78 is 0. The molecule has 1 rings (SSSR count). The number of amides is 1. The van der Waals surface area contributed by atoms with Gasteiger partial charge in [-0.2, -0.15) is 0 Å². The molecule has 0 aliphatic heterocycles. The van der Waals surface area contributed by atoms with Crippen molar-refractivity contribution >= 4 is 12.0 Å². The highest BCUT2D eigenvalue weighted by molar-refractivity contribution is 5.91. The van der Waals surface area contributed by atoms with Gasteiger partial charge in [0.25, 0.3) is 0 Å². The van der Waals surface area contributed by atoms with E-state index >= 15 is 0 Å². The Morgan fingerprint density at radius 1 is 1.41 bits per heavy atom. The van der Waals surface area contributed by atoms with Crippen LogP contribution in [0.25, 0.3) is 6.08 Å². The van der Waals surface area contributed by atoms with Gasteiger partial charge in [-0.3, -0.25) is 4.79 Å². The third-order valence-corrected chi connectivity index (χ3v) is 2.30. The van der Waals surface area contributed by atoms with Crippen LogP contribution in [-0.4, -0.2) is 23.2 Å². The summed E-state index contributed by atoms with van der Waals surface area (Å²) >= 11 is 0. The van der Waals surface area contributed by atoms with Crippen molar-refractivity contribution < 1.29 is 9.90 Å². The minimum absolute atomic E-state index is 0.199. The monoisotopic (exact) mass is 233 g/mol. The van der Waals surface area contributed by atoms with Crippen LogP contribution in [0, 0.1) is 6.92 Å². The van der Waals surface area contributed by atoms with Gasteiger partial charge in [-0.25, -0.2) is 0 Å². The van der Waals surface area contributed by atoms with Crippen LogP contribution in [0.15, 0.2) is 30.3 Å². The van der Waals surface area contributed by atoms with Gasteiger partial charge in [0.15, 0.2) is 0 Å². The van der Waals surface area contributed by atoms with Crippen molar-refractivity contribution in [3.8, 4) is 0 Å². The fourth-order valence-corrected chi connectivity index (χ4v) is 1.30. The van der Waals surface area contributed by atoms with Crippen molar-refractivity contribution in [1.29, 1.82) is 0 Å². The van der Waals surface area contributed by atoms with Crippen LogP contribution in [0.1, 0.15) is 25.0 Å². The highest BCUT2D eigenvalue weighted by atomic mass is 16.3. The first-order chi connectivity index (χ1) is 7.88. The van der Waals surface area contributed by atoms with Crippen LogP contribution in [0.5, 0.6) is 0 Å². The predicted octanol–water partition coefficient (Wildman–Crippen LogP) is 1.90. The minimum atomic E-state index is -0.883. The molecule has 0 atom stereocenters. The fraction of sp³-hybridized carbons (Fsp3) is 0.357. The van der Waals surface area contributed by atoms with Gasteiger partial charge in [0.2, 0.25) is 5.91 Å². The molecule has 0 aliphatic rings. The van der Waals surface area contributed by atoms with Crippen LogP contribution in [-0.2, 0) is 4.79 Å². The zero-order chi connectivity index (χ0) is 12.9.